The van der Waals surface area contributed by atoms with E-state index >= 15 is 0 Å². The highest BCUT2D eigenvalue weighted by molar-refractivity contribution is 7.22. The second kappa shape index (κ2) is 12.6. The number of aliphatic imine (C=N–C) groups is 1. The molecule has 9 nitrogen and oxygen atoms in total. The lowest BCUT2D eigenvalue weighted by Gasteiger charge is -2.37. The number of nitrogens with one attached hydrogen (secondary N) is 2. The summed E-state index contributed by atoms with van der Waals surface area (Å²) in [5.41, 5.74) is 3.28. The topological polar surface area (TPSA) is 120 Å². The van der Waals surface area contributed by atoms with Crippen LogP contribution in [0.3, 0.4) is 0 Å². The number of pyridine rings is 1. The van der Waals surface area contributed by atoms with Crippen LogP contribution in [-0.2, 0) is 4.79 Å². The number of hydrogen-bond acceptors (Lipinski definition) is 7. The first kappa shape index (κ1) is 28.5. The van der Waals surface area contributed by atoms with Crippen LogP contribution >= 0.6 is 11.3 Å². The summed E-state index contributed by atoms with van der Waals surface area (Å²) in [7, 11) is 0. The van der Waals surface area contributed by atoms with Gasteiger partial charge in [0.1, 0.15) is 5.82 Å². The van der Waals surface area contributed by atoms with Crippen molar-refractivity contribution in [2.45, 2.75) is 33.6 Å². The molecule has 2 amide bonds. The van der Waals surface area contributed by atoms with Gasteiger partial charge in [0.25, 0.3) is 0 Å². The first-order chi connectivity index (χ1) is 19.2. The number of carboxylic acids is 1. The van der Waals surface area contributed by atoms with Crippen LogP contribution in [0.4, 0.5) is 9.93 Å². The SMILES string of the molecule is C=C(/N=C\C(=C/C)c1cc(C#Cc2cccnc2)c2sc(NC(=O)NCC)nc2c1)N1CCC(C)(C(=O)O)CC1. The summed E-state index contributed by atoms with van der Waals surface area (Å²) in [5, 5.41) is 15.5. The van der Waals surface area contributed by atoms with Crippen LogP contribution in [0.5, 0.6) is 0 Å². The molecule has 40 heavy (non-hydrogen) atoms. The lowest BCUT2D eigenvalue weighted by molar-refractivity contribution is -0.150. The molecule has 0 spiro atoms. The lowest BCUT2D eigenvalue weighted by atomic mass is 9.80. The Morgan fingerprint density at radius 2 is 2.08 bits per heavy atom. The number of rotatable bonds is 7. The number of urea groups is 1. The molecule has 0 aliphatic carbocycles. The van der Waals surface area contributed by atoms with Crippen molar-refractivity contribution in [3.05, 3.63) is 71.8 Å². The maximum atomic E-state index is 12.1. The van der Waals surface area contributed by atoms with Gasteiger partial charge in [-0.3, -0.25) is 15.1 Å². The fourth-order valence-electron chi connectivity index (χ4n) is 4.24. The first-order valence-electron chi connectivity index (χ1n) is 13.0. The number of anilines is 1. The van der Waals surface area contributed by atoms with Crippen molar-refractivity contribution in [3.8, 4) is 11.8 Å². The fourth-order valence-corrected chi connectivity index (χ4v) is 5.15. The summed E-state index contributed by atoms with van der Waals surface area (Å²) in [6.45, 7) is 11.4. The van der Waals surface area contributed by atoms with Crippen molar-refractivity contribution in [1.29, 1.82) is 0 Å². The number of allylic oxidation sites excluding steroid dienone is 2. The number of carbonyl (C=O) groups excluding carboxylic acids is 1. The van der Waals surface area contributed by atoms with E-state index in [1.165, 1.54) is 11.3 Å². The first-order valence-corrected chi connectivity index (χ1v) is 13.8. The Morgan fingerprint density at radius 1 is 1.30 bits per heavy atom. The average Bonchev–Trinajstić information content (AvgIpc) is 3.35. The van der Waals surface area contributed by atoms with E-state index in [9.17, 15) is 14.7 Å². The van der Waals surface area contributed by atoms with Crippen molar-refractivity contribution in [2.24, 2.45) is 10.4 Å². The highest BCUT2D eigenvalue weighted by Crippen LogP contribution is 2.33. The molecule has 2 aromatic heterocycles. The molecule has 3 N–H and O–H groups in total. The Bertz CT molecular complexity index is 1540. The third kappa shape index (κ3) is 6.74. The molecule has 10 heteroatoms. The predicted octanol–water partition coefficient (Wildman–Crippen LogP) is 5.36. The van der Waals surface area contributed by atoms with Gasteiger partial charge in [0, 0.05) is 49.4 Å². The van der Waals surface area contributed by atoms with Crippen molar-refractivity contribution in [3.63, 3.8) is 0 Å². The monoisotopic (exact) mass is 556 g/mol. The van der Waals surface area contributed by atoms with Crippen LogP contribution in [0.15, 0.2) is 60.1 Å². The number of aliphatic carboxylic acids is 1. The zero-order valence-electron chi connectivity index (χ0n) is 22.8. The van der Waals surface area contributed by atoms with E-state index in [4.69, 9.17) is 0 Å². The van der Waals surface area contributed by atoms with Gasteiger partial charge in [0.15, 0.2) is 5.13 Å². The van der Waals surface area contributed by atoms with Gasteiger partial charge < -0.3 is 15.3 Å². The fraction of sp³-hybridized carbons (Fsp3) is 0.300. The van der Waals surface area contributed by atoms with Gasteiger partial charge in [-0.05, 0) is 69.0 Å². The third-order valence-corrected chi connectivity index (χ3v) is 7.82. The van der Waals surface area contributed by atoms with Crippen molar-refractivity contribution < 1.29 is 14.7 Å². The molecule has 3 heterocycles. The van der Waals surface area contributed by atoms with Crippen LogP contribution in [0.2, 0.25) is 0 Å². The van der Waals surface area contributed by atoms with Gasteiger partial charge in [0.05, 0.1) is 15.6 Å². The maximum Gasteiger partial charge on any atom is 0.321 e. The number of amides is 2. The smallest absolute Gasteiger partial charge is 0.321 e. The summed E-state index contributed by atoms with van der Waals surface area (Å²) in [6.07, 6.45) is 8.20. The number of benzene rings is 1. The number of nitrogens with zero attached hydrogens (tertiary/aromatic N) is 4. The van der Waals surface area contributed by atoms with Crippen LogP contribution in [0, 0.1) is 17.3 Å². The molecule has 4 rings (SSSR count). The number of thiazole rings is 1. The molecule has 1 fully saturated rings. The molecule has 1 aromatic carbocycles. The van der Waals surface area contributed by atoms with Gasteiger partial charge in [0.2, 0.25) is 0 Å². The molecule has 206 valence electrons. The molecular weight excluding hydrogens is 524 g/mol. The van der Waals surface area contributed by atoms with E-state index in [1.54, 1.807) is 25.5 Å². The molecule has 0 bridgehead atoms. The predicted molar refractivity (Wildman–Crippen MR) is 160 cm³/mol. The van der Waals surface area contributed by atoms with Crippen LogP contribution in [0.1, 0.15) is 50.3 Å². The van der Waals surface area contributed by atoms with Gasteiger partial charge in [-0.2, -0.15) is 0 Å². The Kier molecular flexibility index (Phi) is 8.97. The zero-order chi connectivity index (χ0) is 28.7. The third-order valence-electron chi connectivity index (χ3n) is 6.80. The van der Waals surface area contributed by atoms with Gasteiger partial charge in [-0.15, -0.1) is 0 Å². The Morgan fingerprint density at radius 3 is 2.73 bits per heavy atom. The standard InChI is InChI=1S/C30H32N6O3S/c1-5-22(19-33-20(3)36-14-11-30(4,12-15-36)27(37)38)24-16-23(10-9-21-8-7-13-31-18-21)26-25(17-24)34-29(40-26)35-28(39)32-6-2/h5,7-8,13,16-19H,3,6,11-12,14-15H2,1-2,4H3,(H,37,38)(H2,32,34,35,39)/b22-5+,33-19-. The number of hydrogen-bond donors (Lipinski definition) is 3. The minimum Gasteiger partial charge on any atom is -0.481 e. The van der Waals surface area contributed by atoms with E-state index in [0.717, 1.165) is 27.0 Å². The summed E-state index contributed by atoms with van der Waals surface area (Å²) in [5.74, 6) is 6.25. The quantitative estimate of drug-likeness (QED) is 0.266. The molecule has 1 aliphatic heterocycles. The molecule has 0 radical (unpaired) electrons. The van der Waals surface area contributed by atoms with Gasteiger partial charge in [-0.1, -0.05) is 35.8 Å². The molecule has 1 aliphatic rings. The minimum atomic E-state index is -0.762. The van der Waals surface area contributed by atoms with Crippen LogP contribution in [-0.4, -0.2) is 57.8 Å². The maximum absolute atomic E-state index is 12.1. The average molecular weight is 557 g/mol. The summed E-state index contributed by atoms with van der Waals surface area (Å²) in [4.78, 5) is 39.1. The number of piperidine rings is 1. The van der Waals surface area contributed by atoms with Crippen molar-refractivity contribution >= 4 is 50.5 Å². The summed E-state index contributed by atoms with van der Waals surface area (Å²) < 4.78 is 0.860. The van der Waals surface area contributed by atoms with Crippen molar-refractivity contribution in [1.82, 2.24) is 20.2 Å². The van der Waals surface area contributed by atoms with E-state index in [1.807, 2.05) is 49.1 Å². The van der Waals surface area contributed by atoms with Gasteiger partial charge in [-0.25, -0.2) is 14.8 Å². The van der Waals surface area contributed by atoms with E-state index < -0.39 is 11.4 Å². The van der Waals surface area contributed by atoms with E-state index in [2.05, 4.69) is 44.0 Å². The molecule has 1 saturated heterocycles. The van der Waals surface area contributed by atoms with E-state index in [0.29, 0.717) is 48.9 Å². The second-order valence-corrected chi connectivity index (χ2v) is 10.6. The normalized spacial score (nSPS) is 15.0. The largest absolute Gasteiger partial charge is 0.481 e. The number of carbonyl (C=O) groups is 2. The van der Waals surface area contributed by atoms with E-state index in [-0.39, 0.29) is 6.03 Å². The molecule has 0 unspecified atom stereocenters. The highest BCUT2D eigenvalue weighted by Gasteiger charge is 2.37. The lowest BCUT2D eigenvalue weighted by Crippen LogP contribution is -2.41. The molecule has 0 saturated carbocycles. The molecular formula is C30H32N6O3S. The molecule has 0 atom stereocenters. The Balaban J connectivity index is 1.63. The number of likely N-dealkylation sites (tertiary alicyclic amines) is 1. The molecule has 3 aromatic rings. The summed E-state index contributed by atoms with van der Waals surface area (Å²) >= 11 is 1.36. The number of carboxylic acid groups (broad SMARTS) is 1. The van der Waals surface area contributed by atoms with Gasteiger partial charge >= 0.3 is 12.0 Å². The minimum absolute atomic E-state index is 0.314. The Labute approximate surface area is 237 Å². The van der Waals surface area contributed by atoms with Crippen LogP contribution < -0.4 is 10.6 Å². The number of aromatic nitrogens is 2. The Hall–Kier alpha value is -4.49. The number of fused-ring (bicyclic) bond motifs is 1. The summed E-state index contributed by atoms with van der Waals surface area (Å²) in [6, 6.07) is 7.36. The second-order valence-electron chi connectivity index (χ2n) is 9.64. The van der Waals surface area contributed by atoms with Crippen LogP contribution in [0.25, 0.3) is 15.8 Å². The highest BCUT2D eigenvalue weighted by atomic mass is 32.1. The zero-order valence-corrected chi connectivity index (χ0v) is 23.6. The van der Waals surface area contributed by atoms with Crippen molar-refractivity contribution in [2.75, 3.05) is 25.0 Å².